The maximum atomic E-state index is 12.7. The van der Waals surface area contributed by atoms with Gasteiger partial charge in [-0.2, -0.15) is 13.2 Å². The van der Waals surface area contributed by atoms with Gasteiger partial charge in [0, 0.05) is 19.0 Å². The largest absolute Gasteiger partial charge is 0.391 e. The fourth-order valence-corrected chi connectivity index (χ4v) is 2.96. The molecule has 2 fully saturated rings. The highest BCUT2D eigenvalue weighted by atomic mass is 19.4. The molecule has 2 rings (SSSR count). The number of nitrogens with one attached hydrogen (secondary N) is 2. The van der Waals surface area contributed by atoms with E-state index in [1.807, 2.05) is 0 Å². The summed E-state index contributed by atoms with van der Waals surface area (Å²) in [6, 6.07) is -0.857. The normalized spacial score (nSPS) is 28.4. The Bertz CT molecular complexity index is 384. The number of carbonyl (C=O) groups is 1. The third-order valence-corrected chi connectivity index (χ3v) is 4.24. The zero-order valence-corrected chi connectivity index (χ0v) is 12.7. The van der Waals surface area contributed by atoms with Crippen LogP contribution < -0.4 is 10.6 Å². The molecule has 0 aromatic heterocycles. The van der Waals surface area contributed by atoms with Crippen LogP contribution in [0.1, 0.15) is 39.0 Å². The molecular formula is C14H23F3N2O3. The van der Waals surface area contributed by atoms with Crippen molar-refractivity contribution in [1.82, 2.24) is 10.6 Å². The van der Waals surface area contributed by atoms with E-state index in [1.165, 1.54) is 0 Å². The fraction of sp³-hybridized carbons (Fsp3) is 0.929. The SMILES string of the molecule is CC1(CCNC(=O)N[C@@H]2CCC[C@@H](C(F)(F)F)C2)OCCO1. The standard InChI is InChI=1S/C14H23F3N2O3/c1-13(21-7-8-22-13)5-6-18-12(20)19-11-4-2-3-10(9-11)14(15,16)17/h10-11H,2-9H2,1H3,(H2,18,19,20)/t10-,11-/m1/s1. The molecule has 1 aliphatic heterocycles. The predicted molar refractivity (Wildman–Crippen MR) is 73.3 cm³/mol. The predicted octanol–water partition coefficient (Wildman–Crippen LogP) is 2.56. The molecule has 0 spiro atoms. The molecule has 2 N–H and O–H groups in total. The van der Waals surface area contributed by atoms with Crippen molar-refractivity contribution in [2.24, 2.45) is 5.92 Å². The highest BCUT2D eigenvalue weighted by molar-refractivity contribution is 5.74. The molecule has 5 nitrogen and oxygen atoms in total. The van der Waals surface area contributed by atoms with Gasteiger partial charge in [-0.05, 0) is 26.2 Å². The Morgan fingerprint density at radius 3 is 2.59 bits per heavy atom. The Morgan fingerprint density at radius 2 is 1.95 bits per heavy atom. The third kappa shape index (κ3) is 5.01. The number of hydrogen-bond acceptors (Lipinski definition) is 3. The molecular weight excluding hydrogens is 301 g/mol. The summed E-state index contributed by atoms with van der Waals surface area (Å²) in [7, 11) is 0. The summed E-state index contributed by atoms with van der Waals surface area (Å²) >= 11 is 0. The minimum absolute atomic E-state index is 0.0408. The van der Waals surface area contributed by atoms with E-state index in [2.05, 4.69) is 10.6 Å². The van der Waals surface area contributed by atoms with Crippen LogP contribution in [0.15, 0.2) is 0 Å². The molecule has 0 unspecified atom stereocenters. The topological polar surface area (TPSA) is 59.6 Å². The molecule has 0 bridgehead atoms. The van der Waals surface area contributed by atoms with Crippen molar-refractivity contribution >= 4 is 6.03 Å². The Balaban J connectivity index is 1.68. The number of rotatable bonds is 4. The summed E-state index contributed by atoms with van der Waals surface area (Å²) in [5.74, 6) is -2.00. The van der Waals surface area contributed by atoms with Crippen molar-refractivity contribution in [3.05, 3.63) is 0 Å². The maximum Gasteiger partial charge on any atom is 0.391 e. The lowest BCUT2D eigenvalue weighted by atomic mass is 9.85. The van der Waals surface area contributed by atoms with Crippen LogP contribution in [0.4, 0.5) is 18.0 Å². The molecule has 0 radical (unpaired) electrons. The molecule has 0 aromatic carbocycles. The molecule has 1 heterocycles. The third-order valence-electron chi connectivity index (χ3n) is 4.24. The molecule has 1 saturated carbocycles. The van der Waals surface area contributed by atoms with Crippen LogP contribution in [0.5, 0.6) is 0 Å². The van der Waals surface area contributed by atoms with Crippen molar-refractivity contribution < 1.29 is 27.4 Å². The first-order valence-corrected chi connectivity index (χ1v) is 7.67. The summed E-state index contributed by atoms with van der Waals surface area (Å²) in [6.07, 6.45) is -2.51. The van der Waals surface area contributed by atoms with E-state index in [1.54, 1.807) is 6.92 Å². The van der Waals surface area contributed by atoms with Gasteiger partial charge in [-0.3, -0.25) is 0 Å². The Labute approximate surface area is 127 Å². The van der Waals surface area contributed by atoms with Crippen molar-refractivity contribution in [1.29, 1.82) is 0 Å². The van der Waals surface area contributed by atoms with Gasteiger partial charge in [0.2, 0.25) is 0 Å². The second-order valence-corrected chi connectivity index (χ2v) is 6.08. The van der Waals surface area contributed by atoms with E-state index in [9.17, 15) is 18.0 Å². The lowest BCUT2D eigenvalue weighted by Crippen LogP contribution is -2.46. The van der Waals surface area contributed by atoms with Crippen molar-refractivity contribution in [3.63, 3.8) is 0 Å². The smallest absolute Gasteiger partial charge is 0.348 e. The number of halogens is 3. The molecule has 2 atom stereocenters. The van der Waals surface area contributed by atoms with E-state index in [0.717, 1.165) is 0 Å². The lowest BCUT2D eigenvalue weighted by Gasteiger charge is -2.31. The minimum Gasteiger partial charge on any atom is -0.348 e. The first-order chi connectivity index (χ1) is 10.3. The Morgan fingerprint density at radius 1 is 1.27 bits per heavy atom. The second kappa shape index (κ2) is 7.04. The molecule has 1 aliphatic carbocycles. The summed E-state index contributed by atoms with van der Waals surface area (Å²) in [4.78, 5) is 11.8. The summed E-state index contributed by atoms with van der Waals surface area (Å²) < 4.78 is 49.0. The Hall–Kier alpha value is -1.02. The highest BCUT2D eigenvalue weighted by Crippen LogP contribution is 2.37. The number of hydrogen-bond donors (Lipinski definition) is 2. The van der Waals surface area contributed by atoms with Gasteiger partial charge < -0.3 is 20.1 Å². The molecule has 128 valence electrons. The van der Waals surface area contributed by atoms with Crippen LogP contribution in [-0.4, -0.2) is 43.8 Å². The van der Waals surface area contributed by atoms with Crippen molar-refractivity contribution in [3.8, 4) is 0 Å². The summed E-state index contributed by atoms with van der Waals surface area (Å²) in [5, 5.41) is 5.27. The van der Waals surface area contributed by atoms with E-state index in [-0.39, 0.29) is 12.8 Å². The molecule has 22 heavy (non-hydrogen) atoms. The first kappa shape index (κ1) is 17.3. The van der Waals surface area contributed by atoms with Gasteiger partial charge in [-0.1, -0.05) is 6.42 Å². The molecule has 8 heteroatoms. The van der Waals surface area contributed by atoms with Crippen LogP contribution >= 0.6 is 0 Å². The molecule has 2 aliphatic rings. The average molecular weight is 324 g/mol. The number of ether oxygens (including phenoxy) is 2. The van der Waals surface area contributed by atoms with Crippen molar-refractivity contribution in [2.75, 3.05) is 19.8 Å². The summed E-state index contributed by atoms with van der Waals surface area (Å²) in [6.45, 7) is 3.21. The maximum absolute atomic E-state index is 12.7. The zero-order valence-electron chi connectivity index (χ0n) is 12.7. The average Bonchev–Trinajstić information content (AvgIpc) is 2.85. The minimum atomic E-state index is -4.18. The van der Waals surface area contributed by atoms with Gasteiger partial charge in [0.15, 0.2) is 5.79 Å². The molecule has 2 amide bonds. The number of alkyl halides is 3. The molecule has 0 aromatic rings. The summed E-state index contributed by atoms with van der Waals surface area (Å²) in [5.41, 5.74) is 0. The Kier molecular flexibility index (Phi) is 5.55. The second-order valence-electron chi connectivity index (χ2n) is 6.08. The first-order valence-electron chi connectivity index (χ1n) is 7.67. The zero-order chi connectivity index (χ0) is 16.2. The van der Waals surface area contributed by atoms with Crippen LogP contribution in [0.25, 0.3) is 0 Å². The van der Waals surface area contributed by atoms with Gasteiger partial charge in [-0.25, -0.2) is 4.79 Å². The van der Waals surface area contributed by atoms with E-state index < -0.39 is 30.0 Å². The lowest BCUT2D eigenvalue weighted by molar-refractivity contribution is -0.183. The molecule has 1 saturated heterocycles. The van der Waals surface area contributed by atoms with Gasteiger partial charge in [-0.15, -0.1) is 0 Å². The van der Waals surface area contributed by atoms with Crippen LogP contribution in [0, 0.1) is 5.92 Å². The van der Waals surface area contributed by atoms with Gasteiger partial charge in [0.1, 0.15) is 0 Å². The van der Waals surface area contributed by atoms with Crippen LogP contribution in [-0.2, 0) is 9.47 Å². The monoisotopic (exact) mass is 324 g/mol. The van der Waals surface area contributed by atoms with Crippen molar-refractivity contribution in [2.45, 2.75) is 57.0 Å². The van der Waals surface area contributed by atoms with E-state index >= 15 is 0 Å². The van der Waals surface area contributed by atoms with E-state index in [0.29, 0.717) is 39.0 Å². The van der Waals surface area contributed by atoms with Gasteiger partial charge in [0.05, 0.1) is 19.1 Å². The number of urea groups is 1. The van der Waals surface area contributed by atoms with Crippen LogP contribution in [0.2, 0.25) is 0 Å². The number of carbonyl (C=O) groups excluding carboxylic acids is 1. The highest BCUT2D eigenvalue weighted by Gasteiger charge is 2.42. The quantitative estimate of drug-likeness (QED) is 0.835. The number of amides is 2. The van der Waals surface area contributed by atoms with Gasteiger partial charge >= 0.3 is 12.2 Å². The fourth-order valence-electron chi connectivity index (χ4n) is 2.96. The van der Waals surface area contributed by atoms with Crippen LogP contribution in [0.3, 0.4) is 0 Å². The van der Waals surface area contributed by atoms with Gasteiger partial charge in [0.25, 0.3) is 0 Å². The van der Waals surface area contributed by atoms with E-state index in [4.69, 9.17) is 9.47 Å².